The highest BCUT2D eigenvalue weighted by Crippen LogP contribution is 2.26. The SMILES string of the molecule is Cc1ccnc(-c2cc(F)cc(F)c2)c1N. The minimum absolute atomic E-state index is 0.346. The molecule has 2 rings (SSSR count). The first-order valence-corrected chi connectivity index (χ1v) is 4.75. The summed E-state index contributed by atoms with van der Waals surface area (Å²) in [7, 11) is 0. The number of anilines is 1. The van der Waals surface area contributed by atoms with Crippen molar-refractivity contribution < 1.29 is 8.78 Å². The van der Waals surface area contributed by atoms with E-state index in [0.29, 0.717) is 16.9 Å². The zero-order valence-corrected chi connectivity index (χ0v) is 8.67. The van der Waals surface area contributed by atoms with Gasteiger partial charge in [-0.25, -0.2) is 8.78 Å². The molecule has 2 nitrogen and oxygen atoms in total. The second-order valence-corrected chi connectivity index (χ2v) is 3.55. The first-order chi connectivity index (χ1) is 7.58. The van der Waals surface area contributed by atoms with E-state index < -0.39 is 11.6 Å². The Kier molecular flexibility index (Phi) is 2.56. The smallest absolute Gasteiger partial charge is 0.126 e. The average molecular weight is 220 g/mol. The van der Waals surface area contributed by atoms with Crippen LogP contribution in [0.4, 0.5) is 14.5 Å². The molecule has 1 heterocycles. The van der Waals surface area contributed by atoms with Gasteiger partial charge in [0.15, 0.2) is 0 Å². The molecule has 82 valence electrons. The lowest BCUT2D eigenvalue weighted by molar-refractivity contribution is 0.584. The minimum atomic E-state index is -0.641. The van der Waals surface area contributed by atoms with Gasteiger partial charge in [-0.15, -0.1) is 0 Å². The summed E-state index contributed by atoms with van der Waals surface area (Å²) < 4.78 is 26.1. The molecular weight excluding hydrogens is 210 g/mol. The molecule has 0 fully saturated rings. The van der Waals surface area contributed by atoms with Crippen molar-refractivity contribution in [1.82, 2.24) is 4.98 Å². The van der Waals surface area contributed by atoms with E-state index in [-0.39, 0.29) is 0 Å². The van der Waals surface area contributed by atoms with Crippen LogP contribution in [0.1, 0.15) is 5.56 Å². The van der Waals surface area contributed by atoms with E-state index in [1.54, 1.807) is 12.3 Å². The van der Waals surface area contributed by atoms with Crippen molar-refractivity contribution in [2.75, 3.05) is 5.73 Å². The summed E-state index contributed by atoms with van der Waals surface area (Å²) in [6.45, 7) is 1.82. The maximum atomic E-state index is 13.0. The van der Waals surface area contributed by atoms with E-state index in [4.69, 9.17) is 5.73 Å². The van der Waals surface area contributed by atoms with Gasteiger partial charge in [0.05, 0.1) is 11.4 Å². The quantitative estimate of drug-likeness (QED) is 0.802. The second-order valence-electron chi connectivity index (χ2n) is 3.55. The topological polar surface area (TPSA) is 38.9 Å². The Morgan fingerprint density at radius 2 is 1.75 bits per heavy atom. The van der Waals surface area contributed by atoms with Crippen LogP contribution in [-0.4, -0.2) is 4.98 Å². The third-order valence-corrected chi connectivity index (χ3v) is 2.34. The number of hydrogen-bond acceptors (Lipinski definition) is 2. The Balaban J connectivity index is 2.63. The summed E-state index contributed by atoms with van der Waals surface area (Å²) in [5, 5.41) is 0. The molecule has 0 spiro atoms. The van der Waals surface area contributed by atoms with E-state index in [1.807, 2.05) is 6.92 Å². The molecule has 0 aliphatic heterocycles. The molecular formula is C12H10F2N2. The second kappa shape index (κ2) is 3.89. The Labute approximate surface area is 91.7 Å². The van der Waals surface area contributed by atoms with Gasteiger partial charge >= 0.3 is 0 Å². The fourth-order valence-corrected chi connectivity index (χ4v) is 1.49. The monoisotopic (exact) mass is 220 g/mol. The summed E-state index contributed by atoms with van der Waals surface area (Å²) in [6, 6.07) is 4.98. The van der Waals surface area contributed by atoms with Gasteiger partial charge in [-0.3, -0.25) is 4.98 Å². The first-order valence-electron chi connectivity index (χ1n) is 4.75. The maximum absolute atomic E-state index is 13.0. The molecule has 0 unspecified atom stereocenters. The van der Waals surface area contributed by atoms with E-state index in [2.05, 4.69) is 4.98 Å². The van der Waals surface area contributed by atoms with E-state index in [1.165, 1.54) is 12.1 Å². The first kappa shape index (κ1) is 10.5. The van der Waals surface area contributed by atoms with Crippen molar-refractivity contribution in [1.29, 1.82) is 0 Å². The molecule has 2 N–H and O–H groups in total. The zero-order valence-electron chi connectivity index (χ0n) is 8.67. The van der Waals surface area contributed by atoms with E-state index in [9.17, 15) is 8.78 Å². The highest BCUT2D eigenvalue weighted by molar-refractivity contribution is 5.74. The number of nitrogens with two attached hydrogens (primary N) is 1. The van der Waals surface area contributed by atoms with Crippen molar-refractivity contribution in [2.24, 2.45) is 0 Å². The molecule has 2 aromatic rings. The Hall–Kier alpha value is -1.97. The molecule has 0 atom stereocenters. The number of pyridine rings is 1. The van der Waals surface area contributed by atoms with Crippen molar-refractivity contribution in [2.45, 2.75) is 6.92 Å². The number of aromatic nitrogens is 1. The molecule has 1 aromatic heterocycles. The molecule has 0 saturated carbocycles. The van der Waals surface area contributed by atoms with Gasteiger partial charge in [0.2, 0.25) is 0 Å². The number of aryl methyl sites for hydroxylation is 1. The average Bonchev–Trinajstić information content (AvgIpc) is 2.20. The molecule has 0 aliphatic carbocycles. The van der Waals surface area contributed by atoms with Crippen LogP contribution in [0.5, 0.6) is 0 Å². The largest absolute Gasteiger partial charge is 0.397 e. The van der Waals surface area contributed by atoms with Crippen LogP contribution in [0.3, 0.4) is 0 Å². The summed E-state index contributed by atoms with van der Waals surface area (Å²) in [5.41, 5.74) is 7.82. The molecule has 0 radical (unpaired) electrons. The summed E-state index contributed by atoms with van der Waals surface area (Å²) >= 11 is 0. The van der Waals surface area contributed by atoms with Gasteiger partial charge in [-0.05, 0) is 30.7 Å². The van der Waals surface area contributed by atoms with Crippen LogP contribution in [0.25, 0.3) is 11.3 Å². The van der Waals surface area contributed by atoms with Crippen LogP contribution in [0, 0.1) is 18.6 Å². The van der Waals surface area contributed by atoms with Gasteiger partial charge in [0.1, 0.15) is 11.6 Å². The van der Waals surface area contributed by atoms with E-state index >= 15 is 0 Å². The van der Waals surface area contributed by atoms with Crippen molar-refractivity contribution in [3.05, 3.63) is 47.7 Å². The van der Waals surface area contributed by atoms with Crippen molar-refractivity contribution in [3.8, 4) is 11.3 Å². The number of nitrogens with zero attached hydrogens (tertiary/aromatic N) is 1. The number of rotatable bonds is 1. The van der Waals surface area contributed by atoms with E-state index in [0.717, 1.165) is 11.6 Å². The van der Waals surface area contributed by atoms with Gasteiger partial charge in [-0.1, -0.05) is 0 Å². The number of hydrogen-bond donors (Lipinski definition) is 1. The normalized spacial score (nSPS) is 10.4. The van der Waals surface area contributed by atoms with Gasteiger partial charge < -0.3 is 5.73 Å². The van der Waals surface area contributed by atoms with Crippen LogP contribution in [-0.2, 0) is 0 Å². The Bertz CT molecular complexity index is 518. The lowest BCUT2D eigenvalue weighted by Crippen LogP contribution is -1.97. The molecule has 4 heteroatoms. The number of benzene rings is 1. The van der Waals surface area contributed by atoms with Gasteiger partial charge in [0, 0.05) is 17.8 Å². The Morgan fingerprint density at radius 3 is 2.38 bits per heavy atom. The van der Waals surface area contributed by atoms with Crippen molar-refractivity contribution >= 4 is 5.69 Å². The summed E-state index contributed by atoms with van der Waals surface area (Å²) in [6.07, 6.45) is 1.56. The third kappa shape index (κ3) is 1.86. The molecule has 0 saturated heterocycles. The van der Waals surface area contributed by atoms with Crippen molar-refractivity contribution in [3.63, 3.8) is 0 Å². The van der Waals surface area contributed by atoms with Crippen LogP contribution in [0.15, 0.2) is 30.5 Å². The number of halogens is 2. The summed E-state index contributed by atoms with van der Waals surface area (Å²) in [4.78, 5) is 4.03. The fourth-order valence-electron chi connectivity index (χ4n) is 1.49. The zero-order chi connectivity index (χ0) is 11.7. The van der Waals surface area contributed by atoms with Gasteiger partial charge in [-0.2, -0.15) is 0 Å². The minimum Gasteiger partial charge on any atom is -0.397 e. The summed E-state index contributed by atoms with van der Waals surface area (Å²) in [5.74, 6) is -1.28. The predicted octanol–water partition coefficient (Wildman–Crippen LogP) is 2.92. The molecule has 0 bridgehead atoms. The predicted molar refractivity (Wildman–Crippen MR) is 58.7 cm³/mol. The molecule has 1 aromatic carbocycles. The van der Waals surface area contributed by atoms with Crippen LogP contribution in [0.2, 0.25) is 0 Å². The molecule has 0 amide bonds. The van der Waals surface area contributed by atoms with Crippen LogP contribution < -0.4 is 5.73 Å². The van der Waals surface area contributed by atoms with Gasteiger partial charge in [0.25, 0.3) is 0 Å². The third-order valence-electron chi connectivity index (χ3n) is 2.34. The standard InChI is InChI=1S/C12H10F2N2/c1-7-2-3-16-12(11(7)15)8-4-9(13)6-10(14)5-8/h2-6H,15H2,1H3. The highest BCUT2D eigenvalue weighted by Gasteiger charge is 2.08. The Morgan fingerprint density at radius 1 is 1.12 bits per heavy atom. The number of nitrogen functional groups attached to an aromatic ring is 1. The molecule has 0 aliphatic rings. The lowest BCUT2D eigenvalue weighted by Gasteiger charge is -2.07. The molecule has 16 heavy (non-hydrogen) atoms. The highest BCUT2D eigenvalue weighted by atomic mass is 19.1. The fraction of sp³-hybridized carbons (Fsp3) is 0.0833. The lowest BCUT2D eigenvalue weighted by atomic mass is 10.1. The van der Waals surface area contributed by atoms with Crippen LogP contribution >= 0.6 is 0 Å². The maximum Gasteiger partial charge on any atom is 0.126 e.